The molecule has 0 atom stereocenters. The van der Waals surface area contributed by atoms with Crippen molar-refractivity contribution in [2.75, 3.05) is 5.32 Å². The summed E-state index contributed by atoms with van der Waals surface area (Å²) in [6.07, 6.45) is 0.963. The van der Waals surface area contributed by atoms with Crippen molar-refractivity contribution in [2.45, 2.75) is 13.3 Å². The van der Waals surface area contributed by atoms with E-state index in [0.717, 1.165) is 28.5 Å². The number of benzene rings is 3. The predicted octanol–water partition coefficient (Wildman–Crippen LogP) is 6.44. The van der Waals surface area contributed by atoms with E-state index in [0.29, 0.717) is 15.6 Å². The number of halogens is 2. The van der Waals surface area contributed by atoms with E-state index in [-0.39, 0.29) is 5.91 Å². The van der Waals surface area contributed by atoms with Crippen LogP contribution in [0.2, 0.25) is 10.0 Å². The second-order valence-electron chi connectivity index (χ2n) is 6.16. The van der Waals surface area contributed by atoms with Crippen LogP contribution in [0.25, 0.3) is 21.8 Å². The topological polar surface area (TPSA) is 44.9 Å². The van der Waals surface area contributed by atoms with Gasteiger partial charge in [0, 0.05) is 33.1 Å². The largest absolute Gasteiger partial charge is 0.354 e. The van der Waals surface area contributed by atoms with Gasteiger partial charge in [-0.1, -0.05) is 54.4 Å². The third kappa shape index (κ3) is 2.94. The number of aromatic amines is 1. The summed E-state index contributed by atoms with van der Waals surface area (Å²) in [4.78, 5) is 15.9. The van der Waals surface area contributed by atoms with Crippen LogP contribution in [-0.2, 0) is 6.42 Å². The Labute approximate surface area is 160 Å². The van der Waals surface area contributed by atoms with Crippen molar-refractivity contribution in [3.05, 3.63) is 75.8 Å². The molecule has 0 saturated carbocycles. The normalized spacial score (nSPS) is 11.2. The summed E-state index contributed by atoms with van der Waals surface area (Å²) in [5.74, 6) is -0.228. The average Bonchev–Trinajstić information content (AvgIpc) is 3.01. The summed E-state index contributed by atoms with van der Waals surface area (Å²) in [6.45, 7) is 2.14. The van der Waals surface area contributed by atoms with Crippen molar-refractivity contribution in [3.63, 3.8) is 0 Å². The number of para-hydroxylation sites is 1. The zero-order valence-corrected chi connectivity index (χ0v) is 15.6. The first kappa shape index (κ1) is 17.0. The Hall–Kier alpha value is -2.49. The van der Waals surface area contributed by atoms with Crippen LogP contribution in [0, 0.1) is 0 Å². The number of aromatic nitrogens is 1. The van der Waals surface area contributed by atoms with Crippen LogP contribution in [-0.4, -0.2) is 10.9 Å². The third-order valence-electron chi connectivity index (χ3n) is 4.54. The molecule has 4 rings (SSSR count). The van der Waals surface area contributed by atoms with Crippen molar-refractivity contribution in [3.8, 4) is 0 Å². The third-order valence-corrected chi connectivity index (χ3v) is 5.28. The number of fused-ring (bicyclic) bond motifs is 3. The maximum atomic E-state index is 12.5. The van der Waals surface area contributed by atoms with Gasteiger partial charge in [-0.25, -0.2) is 0 Å². The molecule has 26 heavy (non-hydrogen) atoms. The maximum Gasteiger partial charge on any atom is 0.255 e. The van der Waals surface area contributed by atoms with Gasteiger partial charge in [-0.15, -0.1) is 0 Å². The number of nitrogens with one attached hydrogen (secondary N) is 2. The van der Waals surface area contributed by atoms with E-state index >= 15 is 0 Å². The molecule has 0 saturated heterocycles. The lowest BCUT2D eigenvalue weighted by molar-refractivity contribution is 0.102. The highest BCUT2D eigenvalue weighted by Crippen LogP contribution is 2.30. The molecule has 0 spiro atoms. The molecule has 0 aliphatic carbocycles. The van der Waals surface area contributed by atoms with Crippen LogP contribution < -0.4 is 5.32 Å². The van der Waals surface area contributed by atoms with Crippen LogP contribution in [0.15, 0.2) is 54.6 Å². The standard InChI is InChI=1S/C21H16Cl2N2O/c1-2-12-4-3-5-16-15-8-7-14(11-19(15)25-20(12)16)24-21(26)13-6-9-17(22)18(23)10-13/h3-11,25H,2H2,1H3,(H,24,26). The molecule has 3 nitrogen and oxygen atoms in total. The van der Waals surface area contributed by atoms with Crippen molar-refractivity contribution in [2.24, 2.45) is 0 Å². The van der Waals surface area contributed by atoms with Crippen LogP contribution in [0.1, 0.15) is 22.8 Å². The van der Waals surface area contributed by atoms with Gasteiger partial charge in [-0.05, 0) is 42.3 Å². The predicted molar refractivity (Wildman–Crippen MR) is 110 cm³/mol. The van der Waals surface area contributed by atoms with Gasteiger partial charge in [0.15, 0.2) is 0 Å². The first-order valence-corrected chi connectivity index (χ1v) is 9.12. The number of anilines is 1. The molecule has 130 valence electrons. The van der Waals surface area contributed by atoms with E-state index in [1.165, 1.54) is 10.9 Å². The quantitative estimate of drug-likeness (QED) is 0.420. The summed E-state index contributed by atoms with van der Waals surface area (Å²) < 4.78 is 0. The fourth-order valence-electron chi connectivity index (χ4n) is 3.20. The molecule has 0 aliphatic heterocycles. The van der Waals surface area contributed by atoms with Crippen LogP contribution in [0.4, 0.5) is 5.69 Å². The first-order valence-electron chi connectivity index (χ1n) is 8.36. The van der Waals surface area contributed by atoms with Crippen molar-refractivity contribution < 1.29 is 4.79 Å². The summed E-state index contributed by atoms with van der Waals surface area (Å²) in [6, 6.07) is 17.0. The zero-order valence-electron chi connectivity index (χ0n) is 14.1. The summed E-state index contributed by atoms with van der Waals surface area (Å²) >= 11 is 11.9. The van der Waals surface area contributed by atoms with Crippen LogP contribution in [0.5, 0.6) is 0 Å². The molecule has 1 aromatic heterocycles. The molecule has 5 heteroatoms. The van der Waals surface area contributed by atoms with E-state index in [1.54, 1.807) is 18.2 Å². The average molecular weight is 383 g/mol. The molecule has 2 N–H and O–H groups in total. The SMILES string of the molecule is CCc1cccc2c1[nH]c1cc(NC(=O)c3ccc(Cl)c(Cl)c3)ccc12. The Morgan fingerprint density at radius 1 is 1.00 bits per heavy atom. The monoisotopic (exact) mass is 382 g/mol. The molecule has 0 aliphatic rings. The van der Waals surface area contributed by atoms with E-state index in [1.807, 2.05) is 18.2 Å². The molecule has 1 amide bonds. The van der Waals surface area contributed by atoms with Gasteiger partial charge in [0.1, 0.15) is 0 Å². The van der Waals surface area contributed by atoms with Crippen LogP contribution in [0.3, 0.4) is 0 Å². The highest BCUT2D eigenvalue weighted by Gasteiger charge is 2.11. The lowest BCUT2D eigenvalue weighted by Crippen LogP contribution is -2.11. The van der Waals surface area contributed by atoms with Gasteiger partial charge in [0.25, 0.3) is 5.91 Å². The number of amides is 1. The van der Waals surface area contributed by atoms with E-state index < -0.39 is 0 Å². The zero-order chi connectivity index (χ0) is 18.3. The molecule has 4 aromatic rings. The second kappa shape index (κ2) is 6.67. The summed E-state index contributed by atoms with van der Waals surface area (Å²) in [5.41, 5.74) is 4.61. The first-order chi connectivity index (χ1) is 12.6. The van der Waals surface area contributed by atoms with E-state index in [2.05, 4.69) is 35.4 Å². The van der Waals surface area contributed by atoms with Gasteiger partial charge in [0.05, 0.1) is 10.0 Å². The van der Waals surface area contributed by atoms with Gasteiger partial charge in [-0.2, -0.15) is 0 Å². The van der Waals surface area contributed by atoms with Crippen LogP contribution >= 0.6 is 23.2 Å². The lowest BCUT2D eigenvalue weighted by Gasteiger charge is -2.06. The fraction of sp³-hybridized carbons (Fsp3) is 0.0952. The number of rotatable bonds is 3. The minimum Gasteiger partial charge on any atom is -0.354 e. The Kier molecular flexibility index (Phi) is 4.35. The Morgan fingerprint density at radius 3 is 2.62 bits per heavy atom. The van der Waals surface area contributed by atoms with Crippen molar-refractivity contribution >= 4 is 56.6 Å². The van der Waals surface area contributed by atoms with Gasteiger partial charge in [0.2, 0.25) is 0 Å². The Bertz CT molecular complexity index is 1150. The molecule has 0 unspecified atom stereocenters. The van der Waals surface area contributed by atoms with Crippen molar-refractivity contribution in [1.82, 2.24) is 4.98 Å². The maximum absolute atomic E-state index is 12.5. The van der Waals surface area contributed by atoms with Crippen molar-refractivity contribution in [1.29, 1.82) is 0 Å². The van der Waals surface area contributed by atoms with Gasteiger partial charge in [-0.3, -0.25) is 4.79 Å². The molecule has 3 aromatic carbocycles. The molecule has 0 bridgehead atoms. The van der Waals surface area contributed by atoms with Gasteiger partial charge >= 0.3 is 0 Å². The Balaban J connectivity index is 1.70. The number of carbonyl (C=O) groups excluding carboxylic acids is 1. The molecular weight excluding hydrogens is 367 g/mol. The molecule has 0 fully saturated rings. The lowest BCUT2D eigenvalue weighted by atomic mass is 10.1. The Morgan fingerprint density at radius 2 is 1.85 bits per heavy atom. The number of aryl methyl sites for hydroxylation is 1. The highest BCUT2D eigenvalue weighted by molar-refractivity contribution is 6.42. The number of hydrogen-bond acceptors (Lipinski definition) is 1. The molecule has 1 heterocycles. The summed E-state index contributed by atoms with van der Waals surface area (Å²) in [7, 11) is 0. The summed E-state index contributed by atoms with van der Waals surface area (Å²) in [5, 5.41) is 6.03. The van der Waals surface area contributed by atoms with Gasteiger partial charge < -0.3 is 10.3 Å². The minimum absolute atomic E-state index is 0.228. The minimum atomic E-state index is -0.228. The number of hydrogen-bond donors (Lipinski definition) is 2. The van der Waals surface area contributed by atoms with E-state index in [9.17, 15) is 4.79 Å². The smallest absolute Gasteiger partial charge is 0.255 e. The second-order valence-corrected chi connectivity index (χ2v) is 6.98. The van der Waals surface area contributed by atoms with E-state index in [4.69, 9.17) is 23.2 Å². The highest BCUT2D eigenvalue weighted by atomic mass is 35.5. The number of carbonyl (C=O) groups is 1. The molecule has 0 radical (unpaired) electrons. The molecular formula is C21H16Cl2N2O. The number of H-pyrrole nitrogens is 1. The fourth-order valence-corrected chi connectivity index (χ4v) is 3.50.